The van der Waals surface area contributed by atoms with Gasteiger partial charge >= 0.3 is 6.18 Å². The van der Waals surface area contributed by atoms with E-state index in [2.05, 4.69) is 20.3 Å². The average molecular weight is 532 g/mol. The van der Waals surface area contributed by atoms with Crippen LogP contribution in [0.4, 0.5) is 18.3 Å². The molecule has 194 valence electrons. The number of anilines is 1. The molecule has 0 aliphatic carbocycles. The molecule has 0 radical (unpaired) electrons. The van der Waals surface area contributed by atoms with E-state index in [9.17, 15) is 18.0 Å². The van der Waals surface area contributed by atoms with Gasteiger partial charge in [0.2, 0.25) is 0 Å². The minimum atomic E-state index is -4.61. The highest BCUT2D eigenvalue weighted by atomic mass is 32.1. The Balaban J connectivity index is 1.70. The molecule has 1 N–H and O–H groups in total. The van der Waals surface area contributed by atoms with E-state index in [0.29, 0.717) is 40.7 Å². The fourth-order valence-electron chi connectivity index (χ4n) is 3.31. The van der Waals surface area contributed by atoms with E-state index in [1.54, 1.807) is 31.4 Å². The number of para-hydroxylation sites is 1. The van der Waals surface area contributed by atoms with Crippen molar-refractivity contribution < 1.29 is 27.4 Å². The second kappa shape index (κ2) is 10.2. The molecular weight excluding hydrogens is 507 g/mol. The summed E-state index contributed by atoms with van der Waals surface area (Å²) in [6.45, 7) is 6.59. The number of fused-ring (bicyclic) bond motifs is 1. The van der Waals surface area contributed by atoms with Crippen LogP contribution < -0.4 is 14.8 Å². The molecule has 0 fully saturated rings. The van der Waals surface area contributed by atoms with E-state index < -0.39 is 17.8 Å². The van der Waals surface area contributed by atoms with E-state index >= 15 is 0 Å². The van der Waals surface area contributed by atoms with Crippen LogP contribution in [0.2, 0.25) is 0 Å². The van der Waals surface area contributed by atoms with Crippen LogP contribution in [0.25, 0.3) is 17.8 Å². The lowest BCUT2D eigenvalue weighted by Crippen LogP contribution is -2.17. The molecule has 37 heavy (non-hydrogen) atoms. The lowest BCUT2D eigenvalue weighted by molar-refractivity contribution is -0.140. The first kappa shape index (κ1) is 26.1. The van der Waals surface area contributed by atoms with Crippen molar-refractivity contribution in [2.45, 2.75) is 26.9 Å². The van der Waals surface area contributed by atoms with Crippen molar-refractivity contribution in [1.82, 2.24) is 19.4 Å². The summed E-state index contributed by atoms with van der Waals surface area (Å²) in [5.74, 6) is 0.404. The molecule has 0 unspecified atom stereocenters. The number of alkyl halides is 3. The van der Waals surface area contributed by atoms with Crippen LogP contribution in [0.3, 0.4) is 0 Å². The number of halogens is 3. The van der Waals surface area contributed by atoms with E-state index in [1.165, 1.54) is 16.9 Å². The summed E-state index contributed by atoms with van der Waals surface area (Å²) >= 11 is 0.680. The zero-order chi connectivity index (χ0) is 26.8. The minimum absolute atomic E-state index is 0.0863. The fourth-order valence-corrected chi connectivity index (χ4v) is 4.03. The first-order valence-corrected chi connectivity index (χ1v) is 12.0. The van der Waals surface area contributed by atoms with Crippen molar-refractivity contribution >= 4 is 40.2 Å². The number of hydrogen-bond acceptors (Lipinski definition) is 7. The standard InChI is InChI=1S/C25H24F3N5O3S/c1-24(2,3)13-36-21-15(6-5-7-17(21)35-4)8-9-16-20(33-14-29-11-10-19(33)30-16)22(34)32-23-31-18(12-37-23)25(26,27)28/h5-12,14H,13H2,1-4H3,(H,31,32,34). The predicted molar refractivity (Wildman–Crippen MR) is 135 cm³/mol. The van der Waals surface area contributed by atoms with Crippen LogP contribution in [0.15, 0.2) is 42.2 Å². The van der Waals surface area contributed by atoms with Crippen LogP contribution in [-0.4, -0.2) is 39.0 Å². The molecule has 0 saturated heterocycles. The Morgan fingerprint density at radius 1 is 1.16 bits per heavy atom. The molecule has 0 aliphatic rings. The fraction of sp³-hybridized carbons (Fsp3) is 0.280. The van der Waals surface area contributed by atoms with Gasteiger partial charge < -0.3 is 9.47 Å². The SMILES string of the molecule is COc1cccc(C=Cc2nc3ccncn3c2C(=O)Nc2nc(C(F)(F)F)cs2)c1OCC(C)(C)C. The van der Waals surface area contributed by atoms with Gasteiger partial charge in [-0.2, -0.15) is 13.2 Å². The molecule has 0 saturated carbocycles. The second-order valence-electron chi connectivity index (χ2n) is 9.21. The van der Waals surface area contributed by atoms with Crippen molar-refractivity contribution in [3.8, 4) is 11.5 Å². The Morgan fingerprint density at radius 3 is 2.62 bits per heavy atom. The molecule has 3 heterocycles. The highest BCUT2D eigenvalue weighted by Crippen LogP contribution is 2.34. The number of carbonyl (C=O) groups is 1. The van der Waals surface area contributed by atoms with Gasteiger partial charge in [-0.25, -0.2) is 15.0 Å². The molecule has 1 aromatic carbocycles. The maximum absolute atomic E-state index is 13.2. The van der Waals surface area contributed by atoms with Crippen LogP contribution in [-0.2, 0) is 6.18 Å². The number of rotatable bonds is 7. The highest BCUT2D eigenvalue weighted by Gasteiger charge is 2.34. The zero-order valence-corrected chi connectivity index (χ0v) is 21.3. The quantitative estimate of drug-likeness (QED) is 0.312. The molecule has 0 bridgehead atoms. The summed E-state index contributed by atoms with van der Waals surface area (Å²) < 4.78 is 51.8. The summed E-state index contributed by atoms with van der Waals surface area (Å²) in [5, 5.41) is 3.09. The van der Waals surface area contributed by atoms with Gasteiger partial charge in [-0.15, -0.1) is 11.3 Å². The van der Waals surface area contributed by atoms with Gasteiger partial charge in [-0.05, 0) is 29.7 Å². The van der Waals surface area contributed by atoms with Gasteiger partial charge in [0, 0.05) is 17.1 Å². The van der Waals surface area contributed by atoms with Gasteiger partial charge in [0.15, 0.2) is 22.3 Å². The van der Waals surface area contributed by atoms with E-state index in [0.717, 1.165) is 5.38 Å². The van der Waals surface area contributed by atoms with Gasteiger partial charge in [-0.3, -0.25) is 14.5 Å². The number of nitrogens with one attached hydrogen (secondary N) is 1. The molecule has 8 nitrogen and oxygen atoms in total. The van der Waals surface area contributed by atoms with E-state index in [-0.39, 0.29) is 21.9 Å². The van der Waals surface area contributed by atoms with Gasteiger partial charge in [0.1, 0.15) is 17.7 Å². The zero-order valence-electron chi connectivity index (χ0n) is 20.5. The Bertz CT molecular complexity index is 1450. The van der Waals surface area contributed by atoms with Crippen molar-refractivity contribution in [1.29, 1.82) is 0 Å². The number of methoxy groups -OCH3 is 1. The molecule has 3 aromatic heterocycles. The van der Waals surface area contributed by atoms with Crippen LogP contribution in [0.1, 0.15) is 48.2 Å². The van der Waals surface area contributed by atoms with E-state index in [4.69, 9.17) is 9.47 Å². The van der Waals surface area contributed by atoms with Gasteiger partial charge in [0.05, 0.1) is 19.4 Å². The molecule has 1 amide bonds. The molecule has 4 rings (SSSR count). The summed E-state index contributed by atoms with van der Waals surface area (Å²) in [4.78, 5) is 25.2. The molecule has 0 atom stereocenters. The number of nitrogens with zero attached hydrogens (tertiary/aromatic N) is 4. The smallest absolute Gasteiger partial charge is 0.434 e. The maximum atomic E-state index is 13.2. The lowest BCUT2D eigenvalue weighted by Gasteiger charge is -2.21. The topological polar surface area (TPSA) is 90.6 Å². The van der Waals surface area contributed by atoms with Crippen molar-refractivity contribution in [2.24, 2.45) is 5.41 Å². The summed E-state index contributed by atoms with van der Waals surface area (Å²) in [6.07, 6.45) is 1.68. The summed E-state index contributed by atoms with van der Waals surface area (Å²) in [7, 11) is 1.55. The molecule has 12 heteroatoms. The number of imidazole rings is 1. The maximum Gasteiger partial charge on any atom is 0.434 e. The number of benzene rings is 1. The first-order chi connectivity index (χ1) is 17.5. The molecule has 0 aliphatic heterocycles. The number of hydrogen-bond donors (Lipinski definition) is 1. The molecular formula is C25H24F3N5O3S. The lowest BCUT2D eigenvalue weighted by atomic mass is 9.98. The Labute approximate surface area is 214 Å². The predicted octanol–water partition coefficient (Wildman–Crippen LogP) is 6.06. The van der Waals surface area contributed by atoms with Crippen molar-refractivity contribution in [3.63, 3.8) is 0 Å². The highest BCUT2D eigenvalue weighted by molar-refractivity contribution is 7.14. The summed E-state index contributed by atoms with van der Waals surface area (Å²) in [5.41, 5.74) is 0.327. The molecule has 4 aromatic rings. The van der Waals surface area contributed by atoms with Crippen molar-refractivity contribution in [2.75, 3.05) is 19.0 Å². The number of ether oxygens (including phenoxy) is 2. The third-order valence-corrected chi connectivity index (χ3v) is 5.74. The number of amides is 1. The molecule has 0 spiro atoms. The number of aromatic nitrogens is 4. The monoisotopic (exact) mass is 531 g/mol. The normalized spacial score (nSPS) is 12.3. The summed E-state index contributed by atoms with van der Waals surface area (Å²) in [6, 6.07) is 7.05. The third-order valence-electron chi connectivity index (χ3n) is 4.99. The Morgan fingerprint density at radius 2 is 1.95 bits per heavy atom. The van der Waals surface area contributed by atoms with Crippen LogP contribution >= 0.6 is 11.3 Å². The number of carbonyl (C=O) groups excluding carboxylic acids is 1. The Kier molecular flexibility index (Phi) is 7.21. The van der Waals surface area contributed by atoms with Crippen LogP contribution in [0.5, 0.6) is 11.5 Å². The third kappa shape index (κ3) is 6.08. The van der Waals surface area contributed by atoms with Crippen molar-refractivity contribution in [3.05, 3.63) is 64.8 Å². The van der Waals surface area contributed by atoms with Crippen LogP contribution in [0, 0.1) is 5.41 Å². The van der Waals surface area contributed by atoms with Gasteiger partial charge in [0.25, 0.3) is 5.91 Å². The van der Waals surface area contributed by atoms with Gasteiger partial charge in [-0.1, -0.05) is 32.9 Å². The average Bonchev–Trinajstić information content (AvgIpc) is 3.45. The largest absolute Gasteiger partial charge is 0.493 e. The second-order valence-corrected chi connectivity index (χ2v) is 10.1. The first-order valence-electron chi connectivity index (χ1n) is 11.1. The number of thiazole rings is 1. The minimum Gasteiger partial charge on any atom is -0.493 e. The van der Waals surface area contributed by atoms with E-state index in [1.807, 2.05) is 32.9 Å². The Hall–Kier alpha value is -3.93.